The first kappa shape index (κ1) is 14.5. The molecule has 0 radical (unpaired) electrons. The number of hydrogen-bond donors (Lipinski definition) is 2. The van der Waals surface area contributed by atoms with E-state index in [1.807, 2.05) is 55.8 Å². The fraction of sp³-hybridized carbons (Fsp3) is 0.375. The minimum Gasteiger partial charge on any atom is -0.496 e. The van der Waals surface area contributed by atoms with Gasteiger partial charge >= 0.3 is 0 Å². The zero-order valence-electron chi connectivity index (χ0n) is 12.5. The molecular formula is C16H22N2O2. The molecule has 1 aromatic heterocycles. The predicted octanol–water partition coefficient (Wildman–Crippen LogP) is 2.70. The Morgan fingerprint density at radius 3 is 2.40 bits per heavy atom. The van der Waals surface area contributed by atoms with Crippen LogP contribution >= 0.6 is 0 Å². The summed E-state index contributed by atoms with van der Waals surface area (Å²) in [6.45, 7) is 6.48. The molecule has 0 bridgehead atoms. The molecule has 2 N–H and O–H groups in total. The molecule has 0 aliphatic rings. The van der Waals surface area contributed by atoms with Crippen LogP contribution in [0.4, 0.5) is 0 Å². The monoisotopic (exact) mass is 274 g/mol. The van der Waals surface area contributed by atoms with Crippen LogP contribution in [-0.4, -0.2) is 23.4 Å². The lowest BCUT2D eigenvalue weighted by Gasteiger charge is -2.19. The van der Waals surface area contributed by atoms with Crippen molar-refractivity contribution in [2.45, 2.75) is 26.9 Å². The van der Waals surface area contributed by atoms with Crippen LogP contribution < -0.4 is 10.2 Å². The zero-order chi connectivity index (χ0) is 14.7. The molecule has 20 heavy (non-hydrogen) atoms. The van der Waals surface area contributed by atoms with E-state index < -0.39 is 6.10 Å². The van der Waals surface area contributed by atoms with Crippen LogP contribution in [0.15, 0.2) is 30.3 Å². The Bertz CT molecular complexity index is 571. The number of aliphatic hydroxyl groups excluding tert-OH is 1. The van der Waals surface area contributed by atoms with Gasteiger partial charge < -0.3 is 15.3 Å². The average molecular weight is 274 g/mol. The first-order valence-corrected chi connectivity index (χ1v) is 6.74. The first-order valence-electron chi connectivity index (χ1n) is 6.74. The quantitative estimate of drug-likeness (QED) is 0.881. The summed E-state index contributed by atoms with van der Waals surface area (Å²) in [6.07, 6.45) is -0.619. The summed E-state index contributed by atoms with van der Waals surface area (Å²) in [5.41, 5.74) is 7.39. The third-order valence-corrected chi connectivity index (χ3v) is 3.46. The molecule has 1 aromatic carbocycles. The number of aryl methyl sites for hydroxylation is 3. The number of rotatable bonds is 5. The van der Waals surface area contributed by atoms with Crippen molar-refractivity contribution < 1.29 is 9.84 Å². The van der Waals surface area contributed by atoms with Gasteiger partial charge in [0.15, 0.2) is 0 Å². The summed E-state index contributed by atoms with van der Waals surface area (Å²) >= 11 is 0. The summed E-state index contributed by atoms with van der Waals surface area (Å²) in [5.74, 6) is 0.714. The van der Waals surface area contributed by atoms with Gasteiger partial charge in [0.25, 0.3) is 0 Å². The van der Waals surface area contributed by atoms with Crippen molar-refractivity contribution in [3.63, 3.8) is 0 Å². The van der Waals surface area contributed by atoms with Gasteiger partial charge in [-0.05, 0) is 45.0 Å². The number of aromatic nitrogens is 1. The maximum Gasteiger partial charge on any atom is 0.124 e. The Balaban J connectivity index is 2.12. The van der Waals surface area contributed by atoms with Crippen molar-refractivity contribution in [1.29, 1.82) is 0 Å². The van der Waals surface area contributed by atoms with Crippen molar-refractivity contribution in [3.8, 4) is 5.75 Å². The fourth-order valence-electron chi connectivity index (χ4n) is 2.32. The van der Waals surface area contributed by atoms with Gasteiger partial charge in [0.2, 0.25) is 0 Å². The molecule has 2 rings (SSSR count). The van der Waals surface area contributed by atoms with Crippen LogP contribution in [-0.2, 0) is 0 Å². The van der Waals surface area contributed by atoms with E-state index in [0.29, 0.717) is 12.3 Å². The maximum absolute atomic E-state index is 10.4. The predicted molar refractivity (Wildman–Crippen MR) is 80.8 cm³/mol. The Labute approximate surface area is 120 Å². The van der Waals surface area contributed by atoms with Crippen LogP contribution in [0.5, 0.6) is 5.75 Å². The molecule has 4 heteroatoms. The highest BCUT2D eigenvalue weighted by Crippen LogP contribution is 2.26. The number of nitrogens with zero attached hydrogens (tertiary/aromatic N) is 1. The van der Waals surface area contributed by atoms with E-state index in [0.717, 1.165) is 22.5 Å². The molecule has 2 aromatic rings. The molecule has 0 amide bonds. The molecular weight excluding hydrogens is 252 g/mol. The van der Waals surface area contributed by atoms with Crippen LogP contribution in [0.2, 0.25) is 0 Å². The van der Waals surface area contributed by atoms with Gasteiger partial charge in [0, 0.05) is 17.0 Å². The highest BCUT2D eigenvalue weighted by molar-refractivity contribution is 5.38. The number of methoxy groups -OCH3 is 1. The lowest BCUT2D eigenvalue weighted by atomic mass is 10.1. The molecule has 0 aliphatic heterocycles. The number of ether oxygens (including phenoxy) is 1. The van der Waals surface area contributed by atoms with Gasteiger partial charge in [0.1, 0.15) is 11.9 Å². The second-order valence-electron chi connectivity index (χ2n) is 5.07. The molecule has 0 fully saturated rings. The number of aliphatic hydroxyl groups is 1. The Kier molecular flexibility index (Phi) is 4.35. The zero-order valence-corrected chi connectivity index (χ0v) is 12.5. The maximum atomic E-state index is 10.4. The lowest BCUT2D eigenvalue weighted by molar-refractivity contribution is 0.183. The molecule has 1 unspecified atom stereocenters. The van der Waals surface area contributed by atoms with Crippen LogP contribution in [0.1, 0.15) is 28.6 Å². The van der Waals surface area contributed by atoms with E-state index in [4.69, 9.17) is 4.74 Å². The average Bonchev–Trinajstić information content (AvgIpc) is 2.75. The third kappa shape index (κ3) is 2.96. The van der Waals surface area contributed by atoms with Crippen molar-refractivity contribution in [2.75, 3.05) is 19.1 Å². The molecule has 1 atom stereocenters. The molecule has 0 spiro atoms. The largest absolute Gasteiger partial charge is 0.496 e. The van der Waals surface area contributed by atoms with Gasteiger partial charge in [-0.2, -0.15) is 0 Å². The second-order valence-corrected chi connectivity index (χ2v) is 5.07. The summed E-state index contributed by atoms with van der Waals surface area (Å²) < 4.78 is 7.29. The summed E-state index contributed by atoms with van der Waals surface area (Å²) in [5, 5.41) is 10.4. The summed E-state index contributed by atoms with van der Waals surface area (Å²) in [4.78, 5) is 0. The Morgan fingerprint density at radius 2 is 1.80 bits per heavy atom. The highest BCUT2D eigenvalue weighted by atomic mass is 16.5. The third-order valence-electron chi connectivity index (χ3n) is 3.46. The van der Waals surface area contributed by atoms with E-state index in [1.54, 1.807) is 7.11 Å². The SMILES string of the molecule is COc1ccc(C)cc1C(O)CNn1c(C)ccc1C. The number of nitrogens with one attached hydrogen (secondary N) is 1. The molecule has 4 nitrogen and oxygen atoms in total. The Morgan fingerprint density at radius 1 is 1.15 bits per heavy atom. The molecule has 0 aliphatic carbocycles. The van der Waals surface area contributed by atoms with Crippen molar-refractivity contribution in [2.24, 2.45) is 0 Å². The van der Waals surface area contributed by atoms with Crippen molar-refractivity contribution in [3.05, 3.63) is 52.8 Å². The molecule has 0 saturated carbocycles. The molecule has 1 heterocycles. The minimum absolute atomic E-state index is 0.427. The van der Waals surface area contributed by atoms with Gasteiger partial charge in [-0.3, -0.25) is 4.68 Å². The number of benzene rings is 1. The fourth-order valence-corrected chi connectivity index (χ4v) is 2.32. The molecule has 108 valence electrons. The van der Waals surface area contributed by atoms with E-state index in [1.165, 1.54) is 0 Å². The summed E-state index contributed by atoms with van der Waals surface area (Å²) in [6, 6.07) is 9.91. The standard InChI is InChI=1S/C16H22N2O2/c1-11-5-8-16(20-4)14(9-11)15(19)10-17-18-12(2)6-7-13(18)3/h5-9,15,17,19H,10H2,1-4H3. The van der Waals surface area contributed by atoms with Crippen LogP contribution in [0.25, 0.3) is 0 Å². The van der Waals surface area contributed by atoms with Gasteiger partial charge in [-0.25, -0.2) is 0 Å². The lowest BCUT2D eigenvalue weighted by Crippen LogP contribution is -2.23. The van der Waals surface area contributed by atoms with Crippen LogP contribution in [0, 0.1) is 20.8 Å². The topological polar surface area (TPSA) is 46.4 Å². The second kappa shape index (κ2) is 6.01. The van der Waals surface area contributed by atoms with E-state index in [9.17, 15) is 5.11 Å². The van der Waals surface area contributed by atoms with Crippen LogP contribution in [0.3, 0.4) is 0 Å². The summed E-state index contributed by atoms with van der Waals surface area (Å²) in [7, 11) is 1.62. The van der Waals surface area contributed by atoms with E-state index in [2.05, 4.69) is 5.43 Å². The van der Waals surface area contributed by atoms with Crippen molar-refractivity contribution >= 4 is 0 Å². The van der Waals surface area contributed by atoms with Gasteiger partial charge in [-0.15, -0.1) is 0 Å². The number of hydrogen-bond acceptors (Lipinski definition) is 3. The van der Waals surface area contributed by atoms with Crippen molar-refractivity contribution in [1.82, 2.24) is 4.68 Å². The van der Waals surface area contributed by atoms with Gasteiger partial charge in [0.05, 0.1) is 13.7 Å². The first-order chi connectivity index (χ1) is 9.52. The Hall–Kier alpha value is -1.94. The van der Waals surface area contributed by atoms with E-state index >= 15 is 0 Å². The van der Waals surface area contributed by atoms with E-state index in [-0.39, 0.29) is 0 Å². The molecule has 0 saturated heterocycles. The minimum atomic E-state index is -0.619. The smallest absolute Gasteiger partial charge is 0.124 e. The highest BCUT2D eigenvalue weighted by Gasteiger charge is 2.14. The normalized spacial score (nSPS) is 12.2. The van der Waals surface area contributed by atoms with Gasteiger partial charge in [-0.1, -0.05) is 11.6 Å².